The summed E-state index contributed by atoms with van der Waals surface area (Å²) in [7, 11) is 0. The van der Waals surface area contributed by atoms with Crippen LogP contribution in [0.2, 0.25) is 0 Å². The molecular weight excluding hydrogens is 460 g/mol. The van der Waals surface area contributed by atoms with Gasteiger partial charge in [0, 0.05) is 0 Å². The maximum Gasteiger partial charge on any atom is 0.412 e. The molecule has 4 aromatic rings. The topological polar surface area (TPSA) is 77.5 Å². The standard InChI is InChI=1S/C28H26N2O4S/c1-18-26(29-28(32)34-20(3)21-7-5-4-6-8-21)27(35-30-18)25-15-13-24(14-16-25)23-11-9-22(10-12-23)19(2)33-17-31/h4-17,19-20H,1-3H3,(H,29,32)/t19?,20-/m1/s1. The predicted molar refractivity (Wildman–Crippen MR) is 138 cm³/mol. The summed E-state index contributed by atoms with van der Waals surface area (Å²) in [4.78, 5) is 24.0. The normalized spacial score (nSPS) is 12.4. The molecule has 0 aliphatic carbocycles. The number of rotatable bonds is 8. The van der Waals surface area contributed by atoms with Crippen molar-refractivity contribution >= 4 is 29.8 Å². The van der Waals surface area contributed by atoms with Gasteiger partial charge in [0.25, 0.3) is 6.47 Å². The molecule has 1 N–H and O–H groups in total. The third-order valence-electron chi connectivity index (χ3n) is 5.76. The van der Waals surface area contributed by atoms with E-state index >= 15 is 0 Å². The molecule has 7 heteroatoms. The Morgan fingerprint density at radius 3 is 2.06 bits per heavy atom. The highest BCUT2D eigenvalue weighted by Gasteiger charge is 2.18. The molecule has 0 aliphatic rings. The molecule has 0 aliphatic heterocycles. The molecule has 178 valence electrons. The number of anilines is 1. The van der Waals surface area contributed by atoms with Crippen LogP contribution in [0.15, 0.2) is 78.9 Å². The first-order valence-electron chi connectivity index (χ1n) is 11.2. The highest BCUT2D eigenvalue weighted by atomic mass is 32.1. The van der Waals surface area contributed by atoms with E-state index in [9.17, 15) is 9.59 Å². The smallest absolute Gasteiger partial charge is 0.412 e. The quantitative estimate of drug-likeness (QED) is 0.264. The fourth-order valence-corrected chi connectivity index (χ4v) is 4.57. The lowest BCUT2D eigenvalue weighted by Crippen LogP contribution is -2.16. The van der Waals surface area contributed by atoms with E-state index in [1.54, 1.807) is 0 Å². The number of aryl methyl sites for hydroxylation is 1. The lowest BCUT2D eigenvalue weighted by atomic mass is 10.0. The first-order chi connectivity index (χ1) is 17.0. The second-order valence-electron chi connectivity index (χ2n) is 8.13. The highest BCUT2D eigenvalue weighted by Crippen LogP contribution is 2.36. The first kappa shape index (κ1) is 24.2. The summed E-state index contributed by atoms with van der Waals surface area (Å²) in [6.45, 7) is 6.00. The number of benzene rings is 3. The van der Waals surface area contributed by atoms with E-state index < -0.39 is 6.09 Å². The number of ether oxygens (including phenoxy) is 2. The van der Waals surface area contributed by atoms with Gasteiger partial charge in [-0.15, -0.1) is 0 Å². The molecule has 2 atom stereocenters. The van der Waals surface area contributed by atoms with Gasteiger partial charge in [-0.25, -0.2) is 4.79 Å². The molecule has 35 heavy (non-hydrogen) atoms. The number of amides is 1. The van der Waals surface area contributed by atoms with Gasteiger partial charge in [-0.05, 0) is 60.1 Å². The second kappa shape index (κ2) is 11.0. The highest BCUT2D eigenvalue weighted by molar-refractivity contribution is 7.10. The van der Waals surface area contributed by atoms with Crippen molar-refractivity contribution in [3.05, 3.63) is 95.7 Å². The lowest BCUT2D eigenvalue weighted by Gasteiger charge is -2.15. The summed E-state index contributed by atoms with van der Waals surface area (Å²) in [5, 5.41) is 2.88. The Morgan fingerprint density at radius 1 is 0.857 bits per heavy atom. The monoisotopic (exact) mass is 486 g/mol. The average molecular weight is 487 g/mol. The van der Waals surface area contributed by atoms with Gasteiger partial charge >= 0.3 is 6.09 Å². The molecule has 0 saturated heterocycles. The maximum absolute atomic E-state index is 12.6. The molecule has 1 unspecified atom stereocenters. The summed E-state index contributed by atoms with van der Waals surface area (Å²) >= 11 is 1.34. The van der Waals surface area contributed by atoms with Gasteiger partial charge in [-0.2, -0.15) is 4.37 Å². The Balaban J connectivity index is 1.47. The zero-order valence-corrected chi connectivity index (χ0v) is 20.5. The third-order valence-corrected chi connectivity index (χ3v) is 6.75. The van der Waals surface area contributed by atoms with Gasteiger partial charge in [0.2, 0.25) is 0 Å². The number of aromatic nitrogens is 1. The van der Waals surface area contributed by atoms with E-state index in [1.165, 1.54) is 11.5 Å². The van der Waals surface area contributed by atoms with E-state index in [0.29, 0.717) is 12.2 Å². The van der Waals surface area contributed by atoms with Crippen LogP contribution in [-0.4, -0.2) is 16.9 Å². The zero-order chi connectivity index (χ0) is 24.8. The molecule has 0 bridgehead atoms. The summed E-state index contributed by atoms with van der Waals surface area (Å²) in [5.41, 5.74) is 6.31. The van der Waals surface area contributed by atoms with Crippen LogP contribution in [-0.2, 0) is 14.3 Å². The van der Waals surface area contributed by atoms with Crippen molar-refractivity contribution in [1.29, 1.82) is 0 Å². The van der Waals surface area contributed by atoms with E-state index in [4.69, 9.17) is 9.47 Å². The lowest BCUT2D eigenvalue weighted by molar-refractivity contribution is -0.133. The minimum Gasteiger partial charge on any atom is -0.460 e. The van der Waals surface area contributed by atoms with Crippen molar-refractivity contribution in [3.8, 4) is 21.6 Å². The summed E-state index contributed by atoms with van der Waals surface area (Å²) in [6, 6.07) is 25.6. The molecule has 0 spiro atoms. The molecule has 1 amide bonds. The van der Waals surface area contributed by atoms with Crippen molar-refractivity contribution in [2.24, 2.45) is 0 Å². The first-order valence-corrected chi connectivity index (χ1v) is 12.0. The third kappa shape index (κ3) is 5.75. The predicted octanol–water partition coefficient (Wildman–Crippen LogP) is 7.33. The molecule has 0 radical (unpaired) electrons. The van der Waals surface area contributed by atoms with Gasteiger partial charge < -0.3 is 9.47 Å². The van der Waals surface area contributed by atoms with Crippen molar-refractivity contribution in [3.63, 3.8) is 0 Å². The van der Waals surface area contributed by atoms with Crippen LogP contribution in [0.3, 0.4) is 0 Å². The van der Waals surface area contributed by atoms with Gasteiger partial charge in [0.05, 0.1) is 16.3 Å². The van der Waals surface area contributed by atoms with Crippen LogP contribution < -0.4 is 5.32 Å². The van der Waals surface area contributed by atoms with Crippen molar-refractivity contribution < 1.29 is 19.1 Å². The van der Waals surface area contributed by atoms with E-state index in [2.05, 4.69) is 9.69 Å². The second-order valence-corrected chi connectivity index (χ2v) is 8.90. The Morgan fingerprint density at radius 2 is 1.43 bits per heavy atom. The van der Waals surface area contributed by atoms with Crippen molar-refractivity contribution in [2.45, 2.75) is 33.0 Å². The maximum atomic E-state index is 12.6. The average Bonchev–Trinajstić information content (AvgIpc) is 3.24. The summed E-state index contributed by atoms with van der Waals surface area (Å²) in [5.74, 6) is 0. The van der Waals surface area contributed by atoms with Gasteiger partial charge in [-0.3, -0.25) is 10.1 Å². The number of hydrogen-bond acceptors (Lipinski definition) is 6. The molecule has 0 fully saturated rings. The number of nitrogens with zero attached hydrogens (tertiary/aromatic N) is 1. The molecule has 6 nitrogen and oxygen atoms in total. The number of carbonyl (C=O) groups excluding carboxylic acids is 2. The zero-order valence-electron chi connectivity index (χ0n) is 19.7. The molecular formula is C28H26N2O4S. The van der Waals surface area contributed by atoms with Crippen molar-refractivity contribution in [1.82, 2.24) is 4.37 Å². The van der Waals surface area contributed by atoms with Crippen LogP contribution in [0.25, 0.3) is 21.6 Å². The van der Waals surface area contributed by atoms with Crippen LogP contribution in [0.4, 0.5) is 10.5 Å². The van der Waals surface area contributed by atoms with E-state index in [1.807, 2.05) is 99.6 Å². The fourth-order valence-electron chi connectivity index (χ4n) is 3.72. The van der Waals surface area contributed by atoms with E-state index in [0.717, 1.165) is 38.4 Å². The number of carbonyl (C=O) groups is 2. The number of hydrogen-bond donors (Lipinski definition) is 1. The number of nitrogens with one attached hydrogen (secondary N) is 1. The van der Waals surface area contributed by atoms with Crippen LogP contribution in [0.5, 0.6) is 0 Å². The molecule has 0 saturated carbocycles. The summed E-state index contributed by atoms with van der Waals surface area (Å²) in [6.07, 6.45) is -1.17. The molecule has 3 aromatic carbocycles. The minimum absolute atomic E-state index is 0.285. The van der Waals surface area contributed by atoms with Gasteiger partial charge in [0.15, 0.2) is 0 Å². The van der Waals surface area contributed by atoms with Crippen molar-refractivity contribution in [2.75, 3.05) is 5.32 Å². The Bertz CT molecular complexity index is 1290. The molecule has 4 rings (SSSR count). The Hall–Kier alpha value is -3.97. The molecule has 1 aromatic heterocycles. The van der Waals surface area contributed by atoms with Crippen LogP contribution >= 0.6 is 11.5 Å². The SMILES string of the molecule is Cc1nsc(-c2ccc(-c3ccc(C(C)OC=O)cc3)cc2)c1NC(=O)O[C@H](C)c1ccccc1. The van der Waals surface area contributed by atoms with Crippen LogP contribution in [0.1, 0.15) is 42.9 Å². The van der Waals surface area contributed by atoms with E-state index in [-0.39, 0.29) is 12.2 Å². The Labute approximate surface area is 208 Å². The molecule has 1 heterocycles. The minimum atomic E-state index is -0.518. The summed E-state index contributed by atoms with van der Waals surface area (Å²) < 4.78 is 15.0. The largest absolute Gasteiger partial charge is 0.460 e. The van der Waals surface area contributed by atoms with Gasteiger partial charge in [-0.1, -0.05) is 78.9 Å². The van der Waals surface area contributed by atoms with Gasteiger partial charge in [0.1, 0.15) is 12.2 Å². The van der Waals surface area contributed by atoms with Crippen LogP contribution in [0, 0.1) is 6.92 Å². The Kier molecular flexibility index (Phi) is 7.57. The fraction of sp³-hybridized carbons (Fsp3) is 0.179.